The minimum atomic E-state index is -4.44. The van der Waals surface area contributed by atoms with E-state index in [1.165, 1.54) is 6.20 Å². The minimum absolute atomic E-state index is 0.105. The summed E-state index contributed by atoms with van der Waals surface area (Å²) in [5.41, 5.74) is -0.875. The van der Waals surface area contributed by atoms with Gasteiger partial charge in [-0.2, -0.15) is 26.3 Å². The van der Waals surface area contributed by atoms with Crippen molar-refractivity contribution in [2.24, 2.45) is 0 Å². The van der Waals surface area contributed by atoms with Gasteiger partial charge < -0.3 is 9.84 Å². The molecular formula is C19H14F6N2O2. The van der Waals surface area contributed by atoms with Crippen LogP contribution in [0.3, 0.4) is 0 Å². The monoisotopic (exact) mass is 416 g/mol. The zero-order chi connectivity index (χ0) is 21.5. The van der Waals surface area contributed by atoms with Crippen LogP contribution in [0.2, 0.25) is 0 Å². The second-order valence-corrected chi connectivity index (χ2v) is 5.61. The van der Waals surface area contributed by atoms with Gasteiger partial charge in [-0.05, 0) is 17.7 Å². The first-order valence-corrected chi connectivity index (χ1v) is 7.96. The van der Waals surface area contributed by atoms with Crippen molar-refractivity contribution in [3.63, 3.8) is 0 Å². The van der Waals surface area contributed by atoms with Gasteiger partial charge in [0.15, 0.2) is 0 Å². The van der Waals surface area contributed by atoms with E-state index < -0.39 is 29.2 Å². The Labute approximate surface area is 161 Å². The molecule has 4 nitrogen and oxygen atoms in total. The molecule has 0 aliphatic carbocycles. The maximum absolute atomic E-state index is 12.4. The highest BCUT2D eigenvalue weighted by atomic mass is 19.4. The van der Waals surface area contributed by atoms with Crippen LogP contribution < -0.4 is 4.74 Å². The molecule has 3 rings (SSSR count). The van der Waals surface area contributed by atoms with Crippen LogP contribution in [-0.4, -0.2) is 15.1 Å². The average molecular weight is 416 g/mol. The Hall–Kier alpha value is -3.30. The summed E-state index contributed by atoms with van der Waals surface area (Å²) in [5, 5.41) is 8.61. The Morgan fingerprint density at radius 1 is 0.759 bits per heavy atom. The van der Waals surface area contributed by atoms with Gasteiger partial charge >= 0.3 is 12.4 Å². The van der Waals surface area contributed by atoms with Gasteiger partial charge in [0.25, 0.3) is 0 Å². The van der Waals surface area contributed by atoms with Crippen molar-refractivity contribution in [3.8, 4) is 11.5 Å². The van der Waals surface area contributed by atoms with E-state index in [0.29, 0.717) is 12.3 Å². The first-order valence-electron chi connectivity index (χ1n) is 7.96. The standard InChI is InChI=1S/C13H10F3NO.C6H4F3NO/c14-13(15,16)11-6-12(8-17-7-11)18-9-10-4-2-1-3-5-10;7-6(8,9)4-1-5(11)3-10-2-4/h1-8H,9H2;1-3,11H. The fourth-order valence-electron chi connectivity index (χ4n) is 1.98. The second kappa shape index (κ2) is 9.26. The molecule has 0 atom stereocenters. The van der Waals surface area contributed by atoms with Gasteiger partial charge in [0, 0.05) is 12.4 Å². The smallest absolute Gasteiger partial charge is 0.418 e. The molecule has 154 valence electrons. The van der Waals surface area contributed by atoms with Crippen LogP contribution in [0.25, 0.3) is 0 Å². The zero-order valence-corrected chi connectivity index (χ0v) is 14.6. The van der Waals surface area contributed by atoms with Crippen molar-refractivity contribution >= 4 is 0 Å². The van der Waals surface area contributed by atoms with E-state index in [0.717, 1.165) is 24.0 Å². The fourth-order valence-corrected chi connectivity index (χ4v) is 1.98. The van der Waals surface area contributed by atoms with E-state index in [9.17, 15) is 26.3 Å². The lowest BCUT2D eigenvalue weighted by molar-refractivity contribution is -0.138. The summed E-state index contributed by atoms with van der Waals surface area (Å²) in [5.74, 6) is -0.381. The molecule has 1 N–H and O–H groups in total. The molecule has 0 bridgehead atoms. The molecule has 0 spiro atoms. The highest BCUT2D eigenvalue weighted by Crippen LogP contribution is 2.31. The highest BCUT2D eigenvalue weighted by Gasteiger charge is 2.31. The van der Waals surface area contributed by atoms with Crippen molar-refractivity contribution in [2.45, 2.75) is 19.0 Å². The minimum Gasteiger partial charge on any atom is -0.506 e. The largest absolute Gasteiger partial charge is 0.506 e. The van der Waals surface area contributed by atoms with Gasteiger partial charge in [0.1, 0.15) is 18.1 Å². The number of hydrogen-bond donors (Lipinski definition) is 1. The average Bonchev–Trinajstić information content (AvgIpc) is 2.67. The van der Waals surface area contributed by atoms with Crippen LogP contribution in [0.5, 0.6) is 11.5 Å². The van der Waals surface area contributed by atoms with Crippen LogP contribution in [0.1, 0.15) is 16.7 Å². The van der Waals surface area contributed by atoms with Crippen LogP contribution in [0.4, 0.5) is 26.3 Å². The number of aromatic hydroxyl groups is 1. The third-order valence-corrected chi connectivity index (χ3v) is 3.34. The van der Waals surface area contributed by atoms with E-state index in [1.807, 2.05) is 30.3 Å². The lowest BCUT2D eigenvalue weighted by Crippen LogP contribution is -2.06. The molecule has 0 amide bonds. The van der Waals surface area contributed by atoms with Crippen molar-refractivity contribution < 1.29 is 36.2 Å². The van der Waals surface area contributed by atoms with Crippen LogP contribution in [-0.2, 0) is 19.0 Å². The molecule has 0 fully saturated rings. The lowest BCUT2D eigenvalue weighted by atomic mass is 10.2. The quantitative estimate of drug-likeness (QED) is 0.574. The number of benzene rings is 1. The second-order valence-electron chi connectivity index (χ2n) is 5.61. The normalized spacial score (nSPS) is 11.4. The Morgan fingerprint density at radius 3 is 1.83 bits per heavy atom. The van der Waals surface area contributed by atoms with Gasteiger partial charge in [0.2, 0.25) is 0 Å². The third-order valence-electron chi connectivity index (χ3n) is 3.34. The molecule has 0 saturated heterocycles. The van der Waals surface area contributed by atoms with E-state index in [2.05, 4.69) is 9.97 Å². The van der Waals surface area contributed by atoms with E-state index in [1.54, 1.807) is 0 Å². The number of nitrogens with zero attached hydrogens (tertiary/aromatic N) is 2. The number of aromatic nitrogens is 2. The molecule has 0 radical (unpaired) electrons. The number of alkyl halides is 6. The molecule has 0 unspecified atom stereocenters. The summed E-state index contributed by atoms with van der Waals surface area (Å²) in [6.45, 7) is 0.212. The van der Waals surface area contributed by atoms with Crippen molar-refractivity contribution in [1.82, 2.24) is 9.97 Å². The maximum Gasteiger partial charge on any atom is 0.418 e. The van der Waals surface area contributed by atoms with Gasteiger partial charge in [-0.3, -0.25) is 9.97 Å². The molecule has 0 aliphatic rings. The summed E-state index contributed by atoms with van der Waals surface area (Å²) in [7, 11) is 0. The molecule has 2 heterocycles. The number of rotatable bonds is 3. The Kier molecular flexibility index (Phi) is 7.03. The third kappa shape index (κ3) is 7.32. The Bertz CT molecular complexity index is 914. The van der Waals surface area contributed by atoms with Crippen molar-refractivity contribution in [2.75, 3.05) is 0 Å². The van der Waals surface area contributed by atoms with Gasteiger partial charge in [-0.15, -0.1) is 0 Å². The van der Waals surface area contributed by atoms with E-state index in [4.69, 9.17) is 9.84 Å². The highest BCUT2D eigenvalue weighted by molar-refractivity contribution is 5.26. The molecule has 29 heavy (non-hydrogen) atoms. The Morgan fingerprint density at radius 2 is 1.31 bits per heavy atom. The predicted molar refractivity (Wildman–Crippen MR) is 90.9 cm³/mol. The van der Waals surface area contributed by atoms with E-state index in [-0.39, 0.29) is 12.4 Å². The maximum atomic E-state index is 12.4. The van der Waals surface area contributed by atoms with Crippen molar-refractivity contribution in [1.29, 1.82) is 0 Å². The SMILES string of the molecule is FC(F)(F)c1cncc(OCc2ccccc2)c1.Oc1cncc(C(F)(F)F)c1. The molecule has 0 aliphatic heterocycles. The predicted octanol–water partition coefficient (Wildman–Crippen LogP) is 5.49. The van der Waals surface area contributed by atoms with Gasteiger partial charge in [0.05, 0.1) is 23.5 Å². The summed E-state index contributed by atoms with van der Waals surface area (Å²) >= 11 is 0. The first-order chi connectivity index (χ1) is 13.6. The number of hydrogen-bond acceptors (Lipinski definition) is 4. The van der Waals surface area contributed by atoms with E-state index >= 15 is 0 Å². The van der Waals surface area contributed by atoms with Gasteiger partial charge in [-0.1, -0.05) is 30.3 Å². The summed E-state index contributed by atoms with van der Waals surface area (Å²) < 4.78 is 78.0. The lowest BCUT2D eigenvalue weighted by Gasteiger charge is -2.09. The number of halogens is 6. The molecule has 2 aromatic heterocycles. The molecule has 10 heteroatoms. The number of ether oxygens (including phenoxy) is 1. The zero-order valence-electron chi connectivity index (χ0n) is 14.6. The van der Waals surface area contributed by atoms with Crippen LogP contribution >= 0.6 is 0 Å². The van der Waals surface area contributed by atoms with Crippen LogP contribution in [0.15, 0.2) is 67.3 Å². The first kappa shape index (κ1) is 22.0. The van der Waals surface area contributed by atoms with Gasteiger partial charge in [-0.25, -0.2) is 0 Å². The fraction of sp³-hybridized carbons (Fsp3) is 0.158. The summed E-state index contributed by atoms with van der Waals surface area (Å²) in [4.78, 5) is 6.70. The van der Waals surface area contributed by atoms with Crippen molar-refractivity contribution in [3.05, 3.63) is 83.9 Å². The molecule has 1 aromatic carbocycles. The topological polar surface area (TPSA) is 55.2 Å². The Balaban J connectivity index is 0.000000234. The number of pyridine rings is 2. The summed E-state index contributed by atoms with van der Waals surface area (Å²) in [6, 6.07) is 10.8. The molecule has 3 aromatic rings. The summed E-state index contributed by atoms with van der Waals surface area (Å²) in [6.07, 6.45) is -5.21. The molecule has 0 saturated carbocycles. The molecular weight excluding hydrogens is 402 g/mol. The van der Waals surface area contributed by atoms with Crippen LogP contribution in [0, 0.1) is 0 Å².